The maximum Gasteiger partial charge on any atom is 0.319 e. The van der Waals surface area contributed by atoms with Crippen LogP contribution in [-0.4, -0.2) is 25.7 Å². The number of anilines is 1. The van der Waals surface area contributed by atoms with Crippen molar-refractivity contribution < 1.29 is 14.1 Å². The maximum atomic E-state index is 13.9. The monoisotopic (exact) mass is 492 g/mol. The fraction of sp³-hybridized carbons (Fsp3) is 0.125. The molecule has 1 atom stereocenters. The van der Waals surface area contributed by atoms with Gasteiger partial charge >= 0.3 is 6.03 Å². The molecule has 3 aromatic carbocycles. The van der Waals surface area contributed by atoms with E-state index in [-0.39, 0.29) is 11.4 Å². The molecule has 0 aliphatic heterocycles. The van der Waals surface area contributed by atoms with Gasteiger partial charge in [-0.25, -0.2) is 9.18 Å². The Kier molecular flexibility index (Phi) is 7.36. The second-order valence-corrected chi connectivity index (χ2v) is 8.47. The highest BCUT2D eigenvalue weighted by molar-refractivity contribution is 7.98. The summed E-state index contributed by atoms with van der Waals surface area (Å²) in [6.07, 6.45) is 0. The summed E-state index contributed by atoms with van der Waals surface area (Å²) in [5.74, 6) is 0.490. The van der Waals surface area contributed by atoms with Crippen LogP contribution in [0.5, 0.6) is 0 Å². The van der Waals surface area contributed by atoms with Crippen molar-refractivity contribution in [3.05, 3.63) is 106 Å². The van der Waals surface area contributed by atoms with Crippen LogP contribution in [-0.2, 0) is 5.75 Å². The van der Waals surface area contributed by atoms with Crippen LogP contribution in [0.4, 0.5) is 20.6 Å². The SMILES string of the molecule is CC(NC(=O)Nc1ccccc1F)c1nnc(SCc2ccccc2)n1-c1ccc([N+](=O)[O-])cc1. The normalized spacial score (nSPS) is 11.6. The lowest BCUT2D eigenvalue weighted by atomic mass is 10.2. The largest absolute Gasteiger partial charge is 0.328 e. The Morgan fingerprint density at radius 1 is 1.06 bits per heavy atom. The average molecular weight is 493 g/mol. The molecule has 9 nitrogen and oxygen atoms in total. The van der Waals surface area contributed by atoms with E-state index in [1.807, 2.05) is 30.3 Å². The molecule has 35 heavy (non-hydrogen) atoms. The van der Waals surface area contributed by atoms with Crippen LogP contribution in [0.3, 0.4) is 0 Å². The third-order valence-corrected chi connectivity index (χ3v) is 6.04. The van der Waals surface area contributed by atoms with Crippen LogP contribution in [0, 0.1) is 15.9 Å². The zero-order valence-corrected chi connectivity index (χ0v) is 19.4. The molecule has 0 radical (unpaired) electrons. The minimum absolute atomic E-state index is 0.0442. The molecule has 0 saturated carbocycles. The average Bonchev–Trinajstić information content (AvgIpc) is 3.29. The molecule has 0 aliphatic rings. The Hall–Kier alpha value is -4.25. The number of nitro benzene ring substituents is 1. The van der Waals surface area contributed by atoms with E-state index in [9.17, 15) is 19.3 Å². The number of benzene rings is 3. The van der Waals surface area contributed by atoms with E-state index < -0.39 is 22.8 Å². The predicted molar refractivity (Wildman–Crippen MR) is 131 cm³/mol. The quantitative estimate of drug-likeness (QED) is 0.191. The summed E-state index contributed by atoms with van der Waals surface area (Å²) in [6, 6.07) is 20.4. The Bertz CT molecular complexity index is 1330. The Morgan fingerprint density at radius 2 is 1.74 bits per heavy atom. The maximum absolute atomic E-state index is 13.9. The van der Waals surface area contributed by atoms with E-state index in [0.29, 0.717) is 22.4 Å². The number of thioether (sulfide) groups is 1. The van der Waals surface area contributed by atoms with Gasteiger partial charge < -0.3 is 10.6 Å². The third kappa shape index (κ3) is 5.82. The van der Waals surface area contributed by atoms with Crippen molar-refractivity contribution in [1.82, 2.24) is 20.1 Å². The molecule has 0 spiro atoms. The lowest BCUT2D eigenvalue weighted by Gasteiger charge is -2.17. The summed E-state index contributed by atoms with van der Waals surface area (Å²) in [4.78, 5) is 23.1. The number of nitrogens with zero attached hydrogens (tertiary/aromatic N) is 4. The number of hydrogen-bond donors (Lipinski definition) is 2. The van der Waals surface area contributed by atoms with Gasteiger partial charge in [0.15, 0.2) is 11.0 Å². The number of nitro groups is 1. The molecule has 2 amide bonds. The smallest absolute Gasteiger partial charge is 0.319 e. The van der Waals surface area contributed by atoms with Crippen LogP contribution in [0.1, 0.15) is 24.4 Å². The zero-order valence-electron chi connectivity index (χ0n) is 18.6. The third-order valence-electron chi connectivity index (χ3n) is 5.04. The van der Waals surface area contributed by atoms with Gasteiger partial charge in [-0.2, -0.15) is 0 Å². The Morgan fingerprint density at radius 3 is 2.43 bits per heavy atom. The Labute approximate surface area is 204 Å². The molecule has 1 heterocycles. The number of para-hydroxylation sites is 1. The van der Waals surface area contributed by atoms with E-state index in [0.717, 1.165) is 5.56 Å². The minimum Gasteiger partial charge on any atom is -0.328 e. The molecule has 4 aromatic rings. The van der Waals surface area contributed by atoms with Crippen molar-refractivity contribution in [2.24, 2.45) is 0 Å². The number of non-ortho nitro benzene ring substituents is 1. The summed E-state index contributed by atoms with van der Waals surface area (Å²) in [5, 5.41) is 25.4. The minimum atomic E-state index is -0.615. The first-order valence-electron chi connectivity index (χ1n) is 10.6. The van der Waals surface area contributed by atoms with Gasteiger partial charge in [0.2, 0.25) is 0 Å². The molecule has 11 heteroatoms. The van der Waals surface area contributed by atoms with Crippen LogP contribution >= 0.6 is 11.8 Å². The number of carbonyl (C=O) groups is 1. The van der Waals surface area contributed by atoms with Crippen molar-refractivity contribution in [2.45, 2.75) is 23.9 Å². The highest BCUT2D eigenvalue weighted by Crippen LogP contribution is 2.28. The molecule has 0 fully saturated rings. The van der Waals surface area contributed by atoms with Crippen molar-refractivity contribution >= 4 is 29.2 Å². The van der Waals surface area contributed by atoms with Gasteiger partial charge in [0, 0.05) is 23.6 Å². The number of urea groups is 1. The second-order valence-electron chi connectivity index (χ2n) is 7.52. The molecule has 178 valence electrons. The van der Waals surface area contributed by atoms with E-state index in [1.165, 1.54) is 42.1 Å². The number of rotatable bonds is 8. The molecule has 0 bridgehead atoms. The molecule has 2 N–H and O–H groups in total. The molecule has 1 aromatic heterocycles. The summed E-state index contributed by atoms with van der Waals surface area (Å²) in [7, 11) is 0. The van der Waals surface area contributed by atoms with Crippen LogP contribution < -0.4 is 10.6 Å². The number of hydrogen-bond acceptors (Lipinski definition) is 6. The highest BCUT2D eigenvalue weighted by atomic mass is 32.2. The first-order chi connectivity index (χ1) is 16.9. The molecule has 4 rings (SSSR count). The second kappa shape index (κ2) is 10.8. The fourth-order valence-electron chi connectivity index (χ4n) is 3.33. The lowest BCUT2D eigenvalue weighted by molar-refractivity contribution is -0.384. The first-order valence-corrected chi connectivity index (χ1v) is 11.6. The zero-order chi connectivity index (χ0) is 24.8. The van der Waals surface area contributed by atoms with E-state index in [2.05, 4.69) is 20.8 Å². The molecule has 0 aliphatic carbocycles. The van der Waals surface area contributed by atoms with Crippen LogP contribution in [0.2, 0.25) is 0 Å². The number of carbonyl (C=O) groups excluding carboxylic acids is 1. The van der Waals surface area contributed by atoms with Gasteiger partial charge in [0.05, 0.1) is 16.7 Å². The van der Waals surface area contributed by atoms with Crippen molar-refractivity contribution in [3.8, 4) is 5.69 Å². The van der Waals surface area contributed by atoms with Crippen molar-refractivity contribution in [3.63, 3.8) is 0 Å². The molecule has 1 unspecified atom stereocenters. The summed E-state index contributed by atoms with van der Waals surface area (Å²) in [5.41, 5.74) is 1.70. The van der Waals surface area contributed by atoms with Crippen molar-refractivity contribution in [2.75, 3.05) is 5.32 Å². The van der Waals surface area contributed by atoms with Gasteiger partial charge in [-0.3, -0.25) is 14.7 Å². The highest BCUT2D eigenvalue weighted by Gasteiger charge is 2.22. The van der Waals surface area contributed by atoms with Crippen LogP contribution in [0.25, 0.3) is 5.69 Å². The summed E-state index contributed by atoms with van der Waals surface area (Å²) < 4.78 is 15.6. The van der Waals surface area contributed by atoms with Gasteiger partial charge in [0.25, 0.3) is 5.69 Å². The molecular formula is C24H21FN6O3S. The van der Waals surface area contributed by atoms with Gasteiger partial charge in [0.1, 0.15) is 5.82 Å². The van der Waals surface area contributed by atoms with E-state index in [1.54, 1.807) is 29.7 Å². The van der Waals surface area contributed by atoms with Gasteiger partial charge in [-0.15, -0.1) is 10.2 Å². The fourth-order valence-corrected chi connectivity index (χ4v) is 4.24. The van der Waals surface area contributed by atoms with Gasteiger partial charge in [-0.1, -0.05) is 54.2 Å². The number of amides is 2. The number of aromatic nitrogens is 3. The lowest BCUT2D eigenvalue weighted by Crippen LogP contribution is -2.32. The van der Waals surface area contributed by atoms with E-state index in [4.69, 9.17) is 0 Å². The van der Waals surface area contributed by atoms with Crippen LogP contribution in [0.15, 0.2) is 84.0 Å². The predicted octanol–water partition coefficient (Wildman–Crippen LogP) is 5.49. The van der Waals surface area contributed by atoms with Gasteiger partial charge in [-0.05, 0) is 36.8 Å². The topological polar surface area (TPSA) is 115 Å². The standard InChI is InChI=1S/C24H21FN6O3S/c1-16(26-23(32)27-21-10-6-5-9-20(21)25)22-28-29-24(35-15-17-7-3-2-4-8-17)30(22)18-11-13-19(14-12-18)31(33)34/h2-14,16H,15H2,1H3,(H2,26,27,32). The first kappa shape index (κ1) is 23.9. The Balaban J connectivity index is 1.59. The number of nitrogens with one attached hydrogen (secondary N) is 2. The van der Waals surface area contributed by atoms with Crippen molar-refractivity contribution in [1.29, 1.82) is 0 Å². The summed E-state index contributed by atoms with van der Waals surface area (Å²) in [6.45, 7) is 1.72. The van der Waals surface area contributed by atoms with E-state index >= 15 is 0 Å². The molecule has 0 saturated heterocycles. The number of halogens is 1. The molecular weight excluding hydrogens is 471 g/mol. The summed E-state index contributed by atoms with van der Waals surface area (Å²) >= 11 is 1.44.